The van der Waals surface area contributed by atoms with Crippen molar-refractivity contribution in [3.63, 3.8) is 0 Å². The summed E-state index contributed by atoms with van der Waals surface area (Å²) in [7, 11) is 0. The number of likely N-dealkylation sites (tertiary alicyclic amines) is 1. The molecule has 1 atom stereocenters. The first-order valence-corrected chi connectivity index (χ1v) is 7.27. The van der Waals surface area contributed by atoms with E-state index < -0.39 is 29.6 Å². The van der Waals surface area contributed by atoms with Crippen LogP contribution in [0.4, 0.5) is 23.7 Å². The van der Waals surface area contributed by atoms with Crippen LogP contribution in [0.15, 0.2) is 18.2 Å². The first kappa shape index (κ1) is 17.4. The highest BCUT2D eigenvalue weighted by Crippen LogP contribution is 2.33. The second-order valence-corrected chi connectivity index (χ2v) is 5.78. The first-order chi connectivity index (χ1) is 10.7. The number of nitrogens with two attached hydrogens (primary N) is 1. The van der Waals surface area contributed by atoms with Gasteiger partial charge in [-0.15, -0.1) is 0 Å². The van der Waals surface area contributed by atoms with Gasteiger partial charge in [-0.3, -0.25) is 4.79 Å². The van der Waals surface area contributed by atoms with E-state index in [4.69, 9.17) is 17.3 Å². The van der Waals surface area contributed by atoms with Gasteiger partial charge in [0.2, 0.25) is 5.91 Å². The highest BCUT2D eigenvalue weighted by molar-refractivity contribution is 6.31. The summed E-state index contributed by atoms with van der Waals surface area (Å²) in [5.41, 5.74) is 4.22. The zero-order chi connectivity index (χ0) is 17.2. The van der Waals surface area contributed by atoms with Crippen LogP contribution in [-0.4, -0.2) is 29.9 Å². The first-order valence-electron chi connectivity index (χ1n) is 6.90. The minimum atomic E-state index is -4.56. The Morgan fingerprint density at radius 1 is 1.30 bits per heavy atom. The lowest BCUT2D eigenvalue weighted by molar-refractivity contribution is -0.137. The van der Waals surface area contributed by atoms with Gasteiger partial charge in [-0.25, -0.2) is 4.79 Å². The Kier molecular flexibility index (Phi) is 5.03. The van der Waals surface area contributed by atoms with Crippen molar-refractivity contribution in [2.45, 2.75) is 19.0 Å². The number of primary amides is 1. The molecule has 0 aliphatic carbocycles. The lowest BCUT2D eigenvalue weighted by Gasteiger charge is -2.31. The molecule has 5 nitrogen and oxygen atoms in total. The molecule has 3 N–H and O–H groups in total. The van der Waals surface area contributed by atoms with E-state index in [0.717, 1.165) is 12.1 Å². The molecular weight excluding hydrogens is 335 g/mol. The van der Waals surface area contributed by atoms with Crippen LogP contribution in [0.2, 0.25) is 5.02 Å². The van der Waals surface area contributed by atoms with Crippen LogP contribution < -0.4 is 11.1 Å². The Morgan fingerprint density at radius 2 is 2.00 bits per heavy atom. The molecule has 126 valence electrons. The third-order valence-corrected chi connectivity index (χ3v) is 3.81. The maximum atomic E-state index is 12.7. The quantitative estimate of drug-likeness (QED) is 0.861. The number of hydrogen-bond acceptors (Lipinski definition) is 2. The standard InChI is InChI=1S/C14H15ClF3N3O2/c15-10-4-9(14(16,17)18)5-11(6-10)20-13(23)21-3-1-2-8(7-21)12(19)22/h4-6,8H,1-3,7H2,(H2,19,22)(H,20,23)/t8-/m1/s1. The van der Waals surface area contributed by atoms with E-state index in [2.05, 4.69) is 5.32 Å². The summed E-state index contributed by atoms with van der Waals surface area (Å²) in [6, 6.07) is 2.22. The summed E-state index contributed by atoms with van der Waals surface area (Å²) in [6.45, 7) is 0.552. The minimum Gasteiger partial charge on any atom is -0.369 e. The molecule has 2 rings (SSSR count). The lowest BCUT2D eigenvalue weighted by atomic mass is 9.98. The number of urea groups is 1. The van der Waals surface area contributed by atoms with Gasteiger partial charge in [0, 0.05) is 23.8 Å². The van der Waals surface area contributed by atoms with Crippen molar-refractivity contribution in [2.75, 3.05) is 18.4 Å². The van der Waals surface area contributed by atoms with Crippen molar-refractivity contribution in [1.82, 2.24) is 4.90 Å². The molecule has 1 heterocycles. The number of carbonyl (C=O) groups is 2. The van der Waals surface area contributed by atoms with Gasteiger partial charge < -0.3 is 16.0 Å². The van der Waals surface area contributed by atoms with Gasteiger partial charge in [0.25, 0.3) is 0 Å². The second-order valence-electron chi connectivity index (χ2n) is 5.34. The highest BCUT2D eigenvalue weighted by Gasteiger charge is 2.32. The average molecular weight is 350 g/mol. The molecular formula is C14H15ClF3N3O2. The molecule has 1 aliphatic heterocycles. The number of hydrogen-bond donors (Lipinski definition) is 2. The molecule has 1 fully saturated rings. The number of halogens is 4. The fourth-order valence-corrected chi connectivity index (χ4v) is 2.66. The molecule has 23 heavy (non-hydrogen) atoms. The van der Waals surface area contributed by atoms with E-state index in [1.807, 2.05) is 0 Å². The van der Waals surface area contributed by atoms with Crippen LogP contribution in [0.5, 0.6) is 0 Å². The molecule has 0 unspecified atom stereocenters. The molecule has 9 heteroatoms. The lowest BCUT2D eigenvalue weighted by Crippen LogP contribution is -2.45. The number of rotatable bonds is 2. The Morgan fingerprint density at radius 3 is 2.61 bits per heavy atom. The number of alkyl halides is 3. The van der Waals surface area contributed by atoms with Gasteiger partial charge >= 0.3 is 12.2 Å². The third kappa shape index (κ3) is 4.51. The van der Waals surface area contributed by atoms with Gasteiger partial charge in [-0.1, -0.05) is 11.6 Å². The van der Waals surface area contributed by atoms with E-state index in [9.17, 15) is 22.8 Å². The predicted molar refractivity (Wildman–Crippen MR) is 79.0 cm³/mol. The molecule has 0 bridgehead atoms. The summed E-state index contributed by atoms with van der Waals surface area (Å²) in [5.74, 6) is -0.941. The minimum absolute atomic E-state index is 0.0592. The second kappa shape index (κ2) is 6.66. The van der Waals surface area contributed by atoms with Gasteiger partial charge in [0.05, 0.1) is 11.5 Å². The van der Waals surface area contributed by atoms with Gasteiger partial charge in [0.1, 0.15) is 0 Å². The topological polar surface area (TPSA) is 75.4 Å². The predicted octanol–water partition coefficient (Wildman–Crippen LogP) is 3.09. The zero-order valence-corrected chi connectivity index (χ0v) is 12.7. The average Bonchev–Trinajstić information content (AvgIpc) is 2.45. The molecule has 0 aromatic heterocycles. The van der Waals surface area contributed by atoms with Crippen LogP contribution in [0, 0.1) is 5.92 Å². The van der Waals surface area contributed by atoms with E-state index in [-0.39, 0.29) is 17.3 Å². The van der Waals surface area contributed by atoms with Crippen LogP contribution in [0.1, 0.15) is 18.4 Å². The van der Waals surface area contributed by atoms with E-state index in [1.165, 1.54) is 11.0 Å². The third-order valence-electron chi connectivity index (χ3n) is 3.59. The number of carbonyl (C=O) groups excluding carboxylic acids is 2. The Hall–Kier alpha value is -1.96. The van der Waals surface area contributed by atoms with Gasteiger partial charge in [-0.2, -0.15) is 13.2 Å². The van der Waals surface area contributed by atoms with Crippen molar-refractivity contribution in [3.05, 3.63) is 28.8 Å². The number of benzene rings is 1. The number of piperidine rings is 1. The zero-order valence-electron chi connectivity index (χ0n) is 12.0. The van der Waals surface area contributed by atoms with Crippen molar-refractivity contribution < 1.29 is 22.8 Å². The number of amides is 3. The molecule has 1 saturated heterocycles. The molecule has 0 radical (unpaired) electrons. The maximum Gasteiger partial charge on any atom is 0.416 e. The molecule has 1 aliphatic rings. The molecule has 3 amide bonds. The largest absolute Gasteiger partial charge is 0.416 e. The van der Waals surface area contributed by atoms with Crippen LogP contribution in [-0.2, 0) is 11.0 Å². The SMILES string of the molecule is NC(=O)[C@@H]1CCCN(C(=O)Nc2cc(Cl)cc(C(F)(F)F)c2)C1. The van der Waals surface area contributed by atoms with Crippen molar-refractivity contribution in [2.24, 2.45) is 11.7 Å². The van der Waals surface area contributed by atoms with E-state index >= 15 is 0 Å². The van der Waals surface area contributed by atoms with Gasteiger partial charge in [-0.05, 0) is 31.0 Å². The fraction of sp³-hybridized carbons (Fsp3) is 0.429. The summed E-state index contributed by atoms with van der Waals surface area (Å²) < 4.78 is 38.2. The van der Waals surface area contributed by atoms with Gasteiger partial charge in [0.15, 0.2) is 0 Å². The molecule has 1 aromatic rings. The highest BCUT2D eigenvalue weighted by atomic mass is 35.5. The van der Waals surface area contributed by atoms with Crippen LogP contribution in [0.3, 0.4) is 0 Å². The molecule has 0 spiro atoms. The summed E-state index contributed by atoms with van der Waals surface area (Å²) in [6.07, 6.45) is -3.37. The normalized spacial score (nSPS) is 18.6. The number of nitrogens with zero attached hydrogens (tertiary/aromatic N) is 1. The summed E-state index contributed by atoms with van der Waals surface area (Å²) in [5, 5.41) is 2.24. The molecule has 0 saturated carbocycles. The molecule has 1 aromatic carbocycles. The summed E-state index contributed by atoms with van der Waals surface area (Å²) >= 11 is 5.66. The Bertz CT molecular complexity index is 622. The van der Waals surface area contributed by atoms with Crippen molar-refractivity contribution in [3.8, 4) is 0 Å². The summed E-state index contributed by atoms with van der Waals surface area (Å²) in [4.78, 5) is 24.7. The maximum absolute atomic E-state index is 12.7. The van der Waals surface area contributed by atoms with E-state index in [0.29, 0.717) is 19.4 Å². The number of nitrogens with one attached hydrogen (secondary N) is 1. The van der Waals surface area contributed by atoms with Crippen LogP contribution in [0.25, 0.3) is 0 Å². The fourth-order valence-electron chi connectivity index (χ4n) is 2.42. The van der Waals surface area contributed by atoms with E-state index in [1.54, 1.807) is 0 Å². The monoisotopic (exact) mass is 349 g/mol. The van der Waals surface area contributed by atoms with Crippen LogP contribution >= 0.6 is 11.6 Å². The smallest absolute Gasteiger partial charge is 0.369 e. The Balaban J connectivity index is 2.11. The van der Waals surface area contributed by atoms with Crippen molar-refractivity contribution in [1.29, 1.82) is 0 Å². The number of anilines is 1. The van der Waals surface area contributed by atoms with Crippen molar-refractivity contribution >= 4 is 29.2 Å². The Labute approximate surface area is 135 Å².